The van der Waals surface area contributed by atoms with E-state index in [1.54, 1.807) is 11.0 Å². The molecule has 0 bridgehead atoms. The Kier molecular flexibility index (Phi) is 3.49. The molecule has 2 heterocycles. The van der Waals surface area contributed by atoms with Crippen LogP contribution in [0, 0.1) is 6.92 Å². The number of pyridine rings is 1. The van der Waals surface area contributed by atoms with Crippen LogP contribution in [0.2, 0.25) is 0 Å². The second-order valence-electron chi connectivity index (χ2n) is 4.29. The highest BCUT2D eigenvalue weighted by Gasteiger charge is 2.04. The van der Waals surface area contributed by atoms with Gasteiger partial charge in [-0.2, -0.15) is 5.10 Å². The highest BCUT2D eigenvalue weighted by Crippen LogP contribution is 2.09. The molecule has 0 aliphatic heterocycles. The predicted molar refractivity (Wildman–Crippen MR) is 65.9 cm³/mol. The Bertz CT molecular complexity index is 476. The highest BCUT2D eigenvalue weighted by molar-refractivity contribution is 5.29. The van der Waals surface area contributed by atoms with E-state index in [-0.39, 0.29) is 0 Å². The molecule has 5 nitrogen and oxygen atoms in total. The average Bonchev–Trinajstić information content (AvgIpc) is 2.80. The van der Waals surface area contributed by atoms with Crippen LogP contribution in [-0.4, -0.2) is 25.8 Å². The maximum Gasteiger partial charge on any atom is 0.155 e. The Labute approximate surface area is 101 Å². The fourth-order valence-corrected chi connectivity index (χ4v) is 1.53. The van der Waals surface area contributed by atoms with Gasteiger partial charge in [-0.25, -0.2) is 14.6 Å². The summed E-state index contributed by atoms with van der Waals surface area (Å²) in [6.07, 6.45) is 3.15. The van der Waals surface area contributed by atoms with Gasteiger partial charge in [-0.05, 0) is 18.6 Å². The number of hydrogen-bond donors (Lipinski definition) is 1. The van der Waals surface area contributed by atoms with Crippen LogP contribution in [0.5, 0.6) is 0 Å². The molecule has 0 saturated carbocycles. The van der Waals surface area contributed by atoms with E-state index < -0.39 is 0 Å². The molecule has 0 aromatic carbocycles. The minimum absolute atomic E-state index is 0.476. The van der Waals surface area contributed by atoms with Gasteiger partial charge < -0.3 is 5.32 Å². The van der Waals surface area contributed by atoms with Crippen LogP contribution in [0.3, 0.4) is 0 Å². The van der Waals surface area contributed by atoms with Crippen molar-refractivity contribution in [3.05, 3.63) is 36.0 Å². The van der Waals surface area contributed by atoms with Gasteiger partial charge in [0.1, 0.15) is 12.7 Å². The third kappa shape index (κ3) is 2.88. The van der Waals surface area contributed by atoms with Crippen LogP contribution in [0.4, 0.5) is 0 Å². The summed E-state index contributed by atoms with van der Waals surface area (Å²) in [5.74, 6) is 0.799. The first-order valence-electron chi connectivity index (χ1n) is 5.71. The van der Waals surface area contributed by atoms with Gasteiger partial charge in [0.05, 0.1) is 0 Å². The number of nitrogens with one attached hydrogen (secondary N) is 1. The van der Waals surface area contributed by atoms with Crippen molar-refractivity contribution >= 4 is 0 Å². The zero-order valence-corrected chi connectivity index (χ0v) is 10.4. The fraction of sp³-hybridized carbons (Fsp3) is 0.417. The minimum atomic E-state index is 0.476. The standard InChI is InChI=1S/C12H17N5/c1-9(2)14-6-11-4-5-12(16-10(11)3)17-8-13-7-15-17/h4-5,7-9,14H,6H2,1-3H3. The summed E-state index contributed by atoms with van der Waals surface area (Å²) in [5.41, 5.74) is 2.23. The summed E-state index contributed by atoms with van der Waals surface area (Å²) in [6.45, 7) is 7.12. The molecule has 0 atom stereocenters. The molecule has 90 valence electrons. The quantitative estimate of drug-likeness (QED) is 0.865. The van der Waals surface area contributed by atoms with Crippen molar-refractivity contribution in [3.63, 3.8) is 0 Å². The van der Waals surface area contributed by atoms with Crippen molar-refractivity contribution in [3.8, 4) is 5.82 Å². The van der Waals surface area contributed by atoms with E-state index in [0.717, 1.165) is 18.1 Å². The molecule has 5 heteroatoms. The van der Waals surface area contributed by atoms with Gasteiger partial charge in [0, 0.05) is 18.3 Å². The van der Waals surface area contributed by atoms with Crippen molar-refractivity contribution in [1.82, 2.24) is 25.1 Å². The molecule has 2 aromatic heterocycles. The third-order valence-electron chi connectivity index (χ3n) is 2.53. The second-order valence-corrected chi connectivity index (χ2v) is 4.29. The lowest BCUT2D eigenvalue weighted by molar-refractivity contribution is 0.586. The number of aryl methyl sites for hydroxylation is 1. The van der Waals surface area contributed by atoms with Gasteiger partial charge in [0.15, 0.2) is 5.82 Å². The molecule has 0 amide bonds. The number of hydrogen-bond acceptors (Lipinski definition) is 4. The Morgan fingerprint density at radius 2 is 2.18 bits per heavy atom. The molecule has 2 rings (SSSR count). The minimum Gasteiger partial charge on any atom is -0.310 e. The number of nitrogens with zero attached hydrogens (tertiary/aromatic N) is 4. The first-order chi connectivity index (χ1) is 8.16. The van der Waals surface area contributed by atoms with Crippen LogP contribution in [0.15, 0.2) is 24.8 Å². The van der Waals surface area contributed by atoms with Crippen molar-refractivity contribution in [2.45, 2.75) is 33.4 Å². The molecule has 2 aromatic rings. The summed E-state index contributed by atoms with van der Waals surface area (Å²) < 4.78 is 1.66. The average molecular weight is 231 g/mol. The summed E-state index contributed by atoms with van der Waals surface area (Å²) in [5, 5.41) is 7.44. The van der Waals surface area contributed by atoms with E-state index in [1.165, 1.54) is 11.9 Å². The predicted octanol–water partition coefficient (Wildman–Crippen LogP) is 1.47. The lowest BCUT2D eigenvalue weighted by Gasteiger charge is -2.10. The maximum atomic E-state index is 4.51. The third-order valence-corrected chi connectivity index (χ3v) is 2.53. The zero-order valence-electron chi connectivity index (χ0n) is 10.4. The Balaban J connectivity index is 2.17. The smallest absolute Gasteiger partial charge is 0.155 e. The molecule has 0 aliphatic rings. The molecule has 1 N–H and O–H groups in total. The zero-order chi connectivity index (χ0) is 12.3. The molecule has 0 aliphatic carbocycles. The molecule has 0 saturated heterocycles. The largest absolute Gasteiger partial charge is 0.310 e. The van der Waals surface area contributed by atoms with Crippen molar-refractivity contribution in [1.29, 1.82) is 0 Å². The molecule has 0 radical (unpaired) electrons. The monoisotopic (exact) mass is 231 g/mol. The molecular formula is C12H17N5. The summed E-state index contributed by atoms with van der Waals surface area (Å²) in [6, 6.07) is 4.51. The lowest BCUT2D eigenvalue weighted by Crippen LogP contribution is -2.22. The lowest BCUT2D eigenvalue weighted by atomic mass is 10.2. The van der Waals surface area contributed by atoms with Gasteiger partial charge in [0.25, 0.3) is 0 Å². The van der Waals surface area contributed by atoms with E-state index in [4.69, 9.17) is 0 Å². The molecule has 0 spiro atoms. The fourth-order valence-electron chi connectivity index (χ4n) is 1.53. The molecule has 0 fully saturated rings. The van der Waals surface area contributed by atoms with Gasteiger partial charge in [-0.1, -0.05) is 19.9 Å². The number of rotatable bonds is 4. The van der Waals surface area contributed by atoms with Crippen molar-refractivity contribution in [2.24, 2.45) is 0 Å². The van der Waals surface area contributed by atoms with E-state index in [0.29, 0.717) is 6.04 Å². The van der Waals surface area contributed by atoms with Crippen molar-refractivity contribution < 1.29 is 0 Å². The number of aromatic nitrogens is 4. The van der Waals surface area contributed by atoms with Crippen LogP contribution in [0.25, 0.3) is 5.82 Å². The van der Waals surface area contributed by atoms with E-state index in [1.807, 2.05) is 13.0 Å². The topological polar surface area (TPSA) is 55.6 Å². The van der Waals surface area contributed by atoms with Gasteiger partial charge in [-0.3, -0.25) is 0 Å². The molecule has 0 unspecified atom stereocenters. The molecular weight excluding hydrogens is 214 g/mol. The summed E-state index contributed by atoms with van der Waals surface area (Å²) >= 11 is 0. The van der Waals surface area contributed by atoms with Crippen LogP contribution < -0.4 is 5.32 Å². The summed E-state index contributed by atoms with van der Waals surface area (Å²) in [7, 11) is 0. The normalized spacial score (nSPS) is 11.1. The molecule has 17 heavy (non-hydrogen) atoms. The van der Waals surface area contributed by atoms with Crippen LogP contribution in [0.1, 0.15) is 25.1 Å². The van der Waals surface area contributed by atoms with E-state index in [2.05, 4.69) is 40.3 Å². The second kappa shape index (κ2) is 5.05. The highest BCUT2D eigenvalue weighted by atomic mass is 15.3. The van der Waals surface area contributed by atoms with Crippen molar-refractivity contribution in [2.75, 3.05) is 0 Å². The maximum absolute atomic E-state index is 4.51. The Hall–Kier alpha value is -1.75. The summed E-state index contributed by atoms with van der Waals surface area (Å²) in [4.78, 5) is 8.42. The van der Waals surface area contributed by atoms with E-state index >= 15 is 0 Å². The Morgan fingerprint density at radius 1 is 1.35 bits per heavy atom. The SMILES string of the molecule is Cc1nc(-n2cncn2)ccc1CNC(C)C. The van der Waals surface area contributed by atoms with E-state index in [9.17, 15) is 0 Å². The first kappa shape index (κ1) is 11.7. The Morgan fingerprint density at radius 3 is 2.76 bits per heavy atom. The van der Waals surface area contributed by atoms with Gasteiger partial charge in [0.2, 0.25) is 0 Å². The van der Waals surface area contributed by atoms with Gasteiger partial charge >= 0.3 is 0 Å². The van der Waals surface area contributed by atoms with Gasteiger partial charge in [-0.15, -0.1) is 0 Å². The van der Waals surface area contributed by atoms with Crippen LogP contribution in [-0.2, 0) is 6.54 Å². The first-order valence-corrected chi connectivity index (χ1v) is 5.71. The van der Waals surface area contributed by atoms with Crippen LogP contribution >= 0.6 is 0 Å².